The second-order valence-electron chi connectivity index (χ2n) is 8.46. The first-order valence-electron chi connectivity index (χ1n) is 11.2. The van der Waals surface area contributed by atoms with E-state index in [-0.39, 0.29) is 17.9 Å². The predicted molar refractivity (Wildman–Crippen MR) is 131 cm³/mol. The molecule has 0 aliphatic heterocycles. The maximum atomic E-state index is 13.5. The number of rotatable bonds is 8. The van der Waals surface area contributed by atoms with Gasteiger partial charge in [0.25, 0.3) is 11.8 Å². The first kappa shape index (κ1) is 22.4. The minimum absolute atomic E-state index is 0.0246. The van der Waals surface area contributed by atoms with Crippen molar-refractivity contribution in [2.24, 2.45) is 14.1 Å². The molecule has 0 bridgehead atoms. The monoisotopic (exact) mass is 442 g/mol. The molecule has 2 aromatic heterocycles. The van der Waals surface area contributed by atoms with Gasteiger partial charge in [0.1, 0.15) is 11.4 Å². The molecule has 6 nitrogen and oxygen atoms in total. The number of hydrogen-bond donors (Lipinski definition) is 1. The number of carbonyl (C=O) groups excluding carboxylic acids is 2. The van der Waals surface area contributed by atoms with Crippen molar-refractivity contribution in [3.05, 3.63) is 95.9 Å². The van der Waals surface area contributed by atoms with E-state index in [1.54, 1.807) is 10.6 Å². The fourth-order valence-electron chi connectivity index (χ4n) is 4.30. The average molecular weight is 443 g/mol. The Morgan fingerprint density at radius 3 is 2.36 bits per heavy atom. The molecule has 0 spiro atoms. The number of para-hydroxylation sites is 1. The number of benzene rings is 2. The molecule has 6 heteroatoms. The van der Waals surface area contributed by atoms with Gasteiger partial charge >= 0.3 is 0 Å². The molecule has 2 aromatic carbocycles. The molecule has 0 aliphatic rings. The van der Waals surface area contributed by atoms with E-state index in [0.717, 1.165) is 16.5 Å². The molecular weight excluding hydrogens is 412 g/mol. The number of hydrogen-bond acceptors (Lipinski definition) is 2. The van der Waals surface area contributed by atoms with E-state index >= 15 is 0 Å². The summed E-state index contributed by atoms with van der Waals surface area (Å²) in [6, 6.07) is 23.7. The van der Waals surface area contributed by atoms with E-state index < -0.39 is 0 Å². The van der Waals surface area contributed by atoms with E-state index in [2.05, 4.69) is 17.4 Å². The lowest BCUT2D eigenvalue weighted by molar-refractivity contribution is 0.0713. The van der Waals surface area contributed by atoms with Crippen LogP contribution in [-0.2, 0) is 20.5 Å². The second-order valence-corrected chi connectivity index (χ2v) is 8.46. The molecule has 4 rings (SSSR count). The fourth-order valence-corrected chi connectivity index (χ4v) is 4.30. The van der Waals surface area contributed by atoms with Crippen LogP contribution < -0.4 is 5.32 Å². The van der Waals surface area contributed by atoms with Crippen LogP contribution >= 0.6 is 0 Å². The van der Waals surface area contributed by atoms with E-state index in [0.29, 0.717) is 30.8 Å². The Kier molecular flexibility index (Phi) is 6.63. The Labute approximate surface area is 194 Å². The van der Waals surface area contributed by atoms with Gasteiger partial charge in [-0.15, -0.1) is 0 Å². The van der Waals surface area contributed by atoms with Crippen molar-refractivity contribution in [3.8, 4) is 0 Å². The van der Waals surface area contributed by atoms with Crippen molar-refractivity contribution >= 4 is 22.7 Å². The smallest absolute Gasteiger partial charge is 0.270 e. The van der Waals surface area contributed by atoms with Crippen LogP contribution in [0.5, 0.6) is 0 Å². The van der Waals surface area contributed by atoms with E-state index in [4.69, 9.17) is 0 Å². The van der Waals surface area contributed by atoms with Crippen LogP contribution in [0.25, 0.3) is 10.9 Å². The lowest BCUT2D eigenvalue weighted by Gasteiger charge is -2.29. The average Bonchev–Trinajstić information content (AvgIpc) is 3.41. The highest BCUT2D eigenvalue weighted by Crippen LogP contribution is 2.21. The second kappa shape index (κ2) is 9.77. The number of nitrogens with zero attached hydrogens (tertiary/aromatic N) is 3. The zero-order valence-electron chi connectivity index (χ0n) is 19.4. The summed E-state index contributed by atoms with van der Waals surface area (Å²) in [6.07, 6.45) is 3.22. The molecule has 0 fully saturated rings. The number of aryl methyl sites for hydroxylation is 2. The Bertz CT molecular complexity index is 1260. The Morgan fingerprint density at radius 2 is 1.67 bits per heavy atom. The molecule has 2 amide bonds. The van der Waals surface area contributed by atoms with Crippen molar-refractivity contribution < 1.29 is 9.59 Å². The molecule has 1 atom stereocenters. The number of amides is 2. The van der Waals surface area contributed by atoms with Gasteiger partial charge in [0, 0.05) is 50.8 Å². The summed E-state index contributed by atoms with van der Waals surface area (Å²) in [6.45, 7) is 0.480. The van der Waals surface area contributed by atoms with Gasteiger partial charge in [-0.2, -0.15) is 0 Å². The lowest BCUT2D eigenvalue weighted by Crippen LogP contribution is -2.41. The van der Waals surface area contributed by atoms with Gasteiger partial charge < -0.3 is 19.4 Å². The van der Waals surface area contributed by atoms with Crippen LogP contribution in [0.15, 0.2) is 79.0 Å². The van der Waals surface area contributed by atoms with Gasteiger partial charge in [0.05, 0.1) is 0 Å². The summed E-state index contributed by atoms with van der Waals surface area (Å²) >= 11 is 0. The molecule has 0 unspecified atom stereocenters. The van der Waals surface area contributed by atoms with Crippen molar-refractivity contribution in [1.29, 1.82) is 0 Å². The van der Waals surface area contributed by atoms with Crippen LogP contribution in [-0.4, -0.2) is 45.5 Å². The standard InChI is InChI=1S/C27H30N4O2/c1-29-17-9-14-24(29)26(32)28-16-15-22(18-20-10-5-4-6-11-20)30(2)27(33)25-19-21-12-7-8-13-23(21)31(25)3/h4-14,17,19,22H,15-16,18H2,1-3H3,(H,28,32)/t22-/m1/s1. The summed E-state index contributed by atoms with van der Waals surface area (Å²) in [5.41, 5.74) is 3.47. The highest BCUT2D eigenvalue weighted by atomic mass is 16.2. The molecule has 0 saturated carbocycles. The SMILES string of the molecule is CN(C(=O)c1cc2ccccc2n1C)[C@H](CCNC(=O)c1cccn1C)Cc1ccccc1. The van der Waals surface area contributed by atoms with Crippen LogP contribution in [0.2, 0.25) is 0 Å². The number of fused-ring (bicyclic) bond motifs is 1. The summed E-state index contributed by atoms with van der Waals surface area (Å²) in [5.74, 6) is -0.132. The van der Waals surface area contributed by atoms with Crippen molar-refractivity contribution in [2.75, 3.05) is 13.6 Å². The third-order valence-electron chi connectivity index (χ3n) is 6.29. The maximum absolute atomic E-state index is 13.5. The maximum Gasteiger partial charge on any atom is 0.270 e. The van der Waals surface area contributed by atoms with Crippen molar-refractivity contribution in [3.63, 3.8) is 0 Å². The summed E-state index contributed by atoms with van der Waals surface area (Å²) in [5, 5.41) is 4.05. The highest BCUT2D eigenvalue weighted by Gasteiger charge is 2.24. The first-order chi connectivity index (χ1) is 16.0. The van der Waals surface area contributed by atoms with Crippen molar-refractivity contribution in [2.45, 2.75) is 18.9 Å². The van der Waals surface area contributed by atoms with Gasteiger partial charge in [-0.25, -0.2) is 0 Å². The molecular formula is C27H30N4O2. The largest absolute Gasteiger partial charge is 0.351 e. The van der Waals surface area contributed by atoms with Gasteiger partial charge in [-0.05, 0) is 42.7 Å². The third kappa shape index (κ3) is 4.85. The Balaban J connectivity index is 1.51. The van der Waals surface area contributed by atoms with E-state index in [9.17, 15) is 9.59 Å². The normalized spacial score (nSPS) is 12.0. The Morgan fingerprint density at radius 1 is 0.939 bits per heavy atom. The van der Waals surface area contributed by atoms with Crippen LogP contribution in [0.4, 0.5) is 0 Å². The molecule has 0 aliphatic carbocycles. The first-order valence-corrected chi connectivity index (χ1v) is 11.2. The Hall–Kier alpha value is -3.80. The predicted octanol–water partition coefficient (Wildman–Crippen LogP) is 4.02. The molecule has 2 heterocycles. The number of nitrogens with one attached hydrogen (secondary N) is 1. The zero-order valence-corrected chi connectivity index (χ0v) is 19.4. The van der Waals surface area contributed by atoms with Crippen LogP contribution in [0.1, 0.15) is 33.0 Å². The van der Waals surface area contributed by atoms with E-state index in [1.807, 2.05) is 91.4 Å². The summed E-state index contributed by atoms with van der Waals surface area (Å²) in [4.78, 5) is 27.8. The van der Waals surface area contributed by atoms with Gasteiger partial charge in [0.15, 0.2) is 0 Å². The van der Waals surface area contributed by atoms with Gasteiger partial charge in [-0.1, -0.05) is 48.5 Å². The number of carbonyl (C=O) groups is 2. The van der Waals surface area contributed by atoms with Crippen LogP contribution in [0.3, 0.4) is 0 Å². The summed E-state index contributed by atoms with van der Waals surface area (Å²) < 4.78 is 3.75. The zero-order chi connectivity index (χ0) is 23.4. The van der Waals surface area contributed by atoms with Crippen LogP contribution in [0, 0.1) is 0 Å². The fraction of sp³-hybridized carbons (Fsp3) is 0.259. The molecule has 33 heavy (non-hydrogen) atoms. The number of aromatic nitrogens is 2. The van der Waals surface area contributed by atoms with Gasteiger partial charge in [-0.3, -0.25) is 9.59 Å². The van der Waals surface area contributed by atoms with Crippen molar-refractivity contribution in [1.82, 2.24) is 19.4 Å². The minimum Gasteiger partial charge on any atom is -0.351 e. The molecule has 0 radical (unpaired) electrons. The van der Waals surface area contributed by atoms with Gasteiger partial charge in [0.2, 0.25) is 0 Å². The molecule has 170 valence electrons. The molecule has 0 saturated heterocycles. The topological polar surface area (TPSA) is 59.3 Å². The number of likely N-dealkylation sites (N-methyl/N-ethyl adjacent to an activating group) is 1. The highest BCUT2D eigenvalue weighted by molar-refractivity contribution is 5.98. The third-order valence-corrected chi connectivity index (χ3v) is 6.29. The molecule has 4 aromatic rings. The lowest BCUT2D eigenvalue weighted by atomic mass is 10.0. The van der Waals surface area contributed by atoms with E-state index in [1.165, 1.54) is 0 Å². The molecule has 1 N–H and O–H groups in total. The minimum atomic E-state index is -0.108. The summed E-state index contributed by atoms with van der Waals surface area (Å²) in [7, 11) is 5.63. The quantitative estimate of drug-likeness (QED) is 0.448.